The number of H-pyrrole nitrogens is 1. The van der Waals surface area contributed by atoms with E-state index in [1.807, 2.05) is 0 Å². The molecule has 6 N–H and O–H groups in total. The highest BCUT2D eigenvalue weighted by atomic mass is 32.5. The first kappa shape index (κ1) is 24.7. The summed E-state index contributed by atoms with van der Waals surface area (Å²) in [5, 5.41) is 10.1. The van der Waals surface area contributed by atoms with E-state index in [9.17, 15) is 33.6 Å². The third kappa shape index (κ3) is 7.28. The number of nitrogens with one attached hydrogen (secondary N) is 1. The Morgan fingerprint density at radius 3 is 2.52 bits per heavy atom. The van der Waals surface area contributed by atoms with Crippen LogP contribution in [0, 0.1) is 6.92 Å². The lowest BCUT2D eigenvalue weighted by atomic mass is 10.2. The van der Waals surface area contributed by atoms with Crippen molar-refractivity contribution >= 4 is 33.7 Å². The largest absolute Gasteiger partial charge is 0.390 e. The van der Waals surface area contributed by atoms with Gasteiger partial charge >= 0.3 is 27.6 Å². The molecule has 14 nitrogen and oxygen atoms in total. The van der Waals surface area contributed by atoms with Crippen LogP contribution in [0.5, 0.6) is 0 Å². The van der Waals surface area contributed by atoms with Gasteiger partial charge in [-0.2, -0.15) is 0 Å². The summed E-state index contributed by atoms with van der Waals surface area (Å²) in [5.41, 5.74) is -1.12. The Morgan fingerprint density at radius 1 is 1.31 bits per heavy atom. The summed E-state index contributed by atoms with van der Waals surface area (Å²) < 4.78 is 38.1. The van der Waals surface area contributed by atoms with E-state index in [4.69, 9.17) is 19.0 Å². The van der Waals surface area contributed by atoms with Gasteiger partial charge < -0.3 is 33.9 Å². The first-order chi connectivity index (χ1) is 13.1. The number of aliphatic hydroxyl groups excluding tert-OH is 1. The number of hydrogen-bond donors (Lipinski definition) is 6. The molecule has 0 aromatic carbocycles. The second kappa shape index (κ2) is 8.91. The van der Waals surface area contributed by atoms with Crippen LogP contribution in [-0.2, 0) is 34.5 Å². The molecule has 166 valence electrons. The Labute approximate surface area is 168 Å². The minimum atomic E-state index is -4.96. The van der Waals surface area contributed by atoms with Crippen LogP contribution >= 0.6 is 21.9 Å². The number of rotatable bonds is 8. The molecular formula is C11H19N2O12P3S. The predicted octanol–water partition coefficient (Wildman–Crippen LogP) is -0.936. The van der Waals surface area contributed by atoms with Crippen molar-refractivity contribution in [3.05, 3.63) is 32.6 Å². The molecule has 0 aliphatic carbocycles. The van der Waals surface area contributed by atoms with Crippen molar-refractivity contribution in [2.75, 3.05) is 12.5 Å². The molecule has 0 saturated carbocycles. The summed E-state index contributed by atoms with van der Waals surface area (Å²) in [7, 11) is -9.90. The van der Waals surface area contributed by atoms with Gasteiger partial charge in [0.2, 0.25) is 0 Å². The Balaban J connectivity index is 2.03. The van der Waals surface area contributed by atoms with Crippen molar-refractivity contribution < 1.29 is 47.4 Å². The molecular weight excluding hydrogens is 477 g/mol. The number of nitrogens with zero attached hydrogens (tertiary/aromatic N) is 1. The van der Waals surface area contributed by atoms with Crippen molar-refractivity contribution in [3.63, 3.8) is 0 Å². The minimum absolute atomic E-state index is 0.0781. The van der Waals surface area contributed by atoms with Crippen LogP contribution in [0.3, 0.4) is 0 Å². The maximum atomic E-state index is 11.9. The third-order valence-electron chi connectivity index (χ3n) is 3.66. The Hall–Kier alpha value is -0.530. The van der Waals surface area contributed by atoms with Crippen molar-refractivity contribution in [2.45, 2.75) is 31.8 Å². The molecule has 0 radical (unpaired) electrons. The summed E-state index contributed by atoms with van der Waals surface area (Å²) in [6.45, 7) is -3.57. The Bertz CT molecular complexity index is 1020. The first-order valence-corrected chi connectivity index (χ1v) is 13.9. The van der Waals surface area contributed by atoms with E-state index >= 15 is 0 Å². The number of hydrogen-bond acceptors (Lipinski definition) is 9. The zero-order valence-electron chi connectivity index (χ0n) is 14.7. The lowest BCUT2D eigenvalue weighted by Crippen LogP contribution is -2.33. The molecule has 0 amide bonds. The van der Waals surface area contributed by atoms with E-state index in [-0.39, 0.29) is 12.0 Å². The molecule has 5 unspecified atom stereocenters. The van der Waals surface area contributed by atoms with E-state index in [0.29, 0.717) is 0 Å². The van der Waals surface area contributed by atoms with Crippen molar-refractivity contribution in [2.24, 2.45) is 0 Å². The van der Waals surface area contributed by atoms with E-state index in [2.05, 4.69) is 21.1 Å². The smallest absolute Gasteiger partial charge is 0.347 e. The molecule has 1 aliphatic heterocycles. The zero-order valence-corrected chi connectivity index (χ0v) is 18.2. The van der Waals surface area contributed by atoms with E-state index in [1.54, 1.807) is 0 Å². The van der Waals surface area contributed by atoms with Crippen LogP contribution < -0.4 is 11.2 Å². The van der Waals surface area contributed by atoms with Gasteiger partial charge in [-0.3, -0.25) is 23.5 Å². The van der Waals surface area contributed by atoms with Crippen LogP contribution in [0.15, 0.2) is 15.8 Å². The molecule has 1 aromatic rings. The van der Waals surface area contributed by atoms with Crippen LogP contribution in [0.25, 0.3) is 0 Å². The molecule has 0 bridgehead atoms. The van der Waals surface area contributed by atoms with Gasteiger partial charge in [0.05, 0.1) is 12.7 Å². The van der Waals surface area contributed by atoms with Crippen molar-refractivity contribution in [3.8, 4) is 0 Å². The fraction of sp³-hybridized carbons (Fsp3) is 0.636. The average molecular weight is 496 g/mol. The number of aliphatic hydroxyl groups is 1. The summed E-state index contributed by atoms with van der Waals surface area (Å²) in [4.78, 5) is 62.1. The lowest BCUT2D eigenvalue weighted by Gasteiger charge is -2.22. The monoisotopic (exact) mass is 496 g/mol. The van der Waals surface area contributed by atoms with Gasteiger partial charge in [0, 0.05) is 18.2 Å². The number of aromatic nitrogens is 2. The molecule has 18 heteroatoms. The van der Waals surface area contributed by atoms with Crippen LogP contribution in [0.4, 0.5) is 0 Å². The van der Waals surface area contributed by atoms with Gasteiger partial charge in [-0.15, -0.1) is 0 Å². The quantitative estimate of drug-likeness (QED) is 0.240. The van der Waals surface area contributed by atoms with Gasteiger partial charge in [-0.05, 0) is 18.7 Å². The third-order valence-corrected chi connectivity index (χ3v) is 9.80. The van der Waals surface area contributed by atoms with Crippen LogP contribution in [0.2, 0.25) is 0 Å². The standard InChI is InChI=1S/C11H19N2O12P3S/c1-6-3-13(11(16)12-10(6)15)9-2-7(14)8(24-9)4-23-28(22,29)25-27(20,21)5-26(17,18)19/h3,7-9,14H,2,4-5H2,1H3,(H,20,21)(H,22,29)(H,12,15,16)(H2,17,18,19). The molecule has 0 spiro atoms. The number of aryl methyl sites for hydroxylation is 1. The lowest BCUT2D eigenvalue weighted by molar-refractivity contribution is -0.0425. The topological polar surface area (TPSA) is 218 Å². The van der Waals surface area contributed by atoms with Gasteiger partial charge in [0.25, 0.3) is 5.56 Å². The van der Waals surface area contributed by atoms with Crippen LogP contribution in [-0.4, -0.2) is 58.9 Å². The van der Waals surface area contributed by atoms with Crippen LogP contribution in [0.1, 0.15) is 18.2 Å². The maximum absolute atomic E-state index is 11.9. The molecule has 2 rings (SSSR count). The second-order valence-corrected chi connectivity index (χ2v) is 13.2. The van der Waals surface area contributed by atoms with Gasteiger partial charge in [0.15, 0.2) is 5.90 Å². The number of ether oxygens (including phenoxy) is 1. The predicted molar refractivity (Wildman–Crippen MR) is 101 cm³/mol. The average Bonchev–Trinajstić information content (AvgIpc) is 2.86. The van der Waals surface area contributed by atoms with E-state index in [1.165, 1.54) is 13.1 Å². The number of aromatic amines is 1. The van der Waals surface area contributed by atoms with Crippen molar-refractivity contribution in [1.82, 2.24) is 9.55 Å². The summed E-state index contributed by atoms with van der Waals surface area (Å²) in [5.74, 6) is -1.57. The Morgan fingerprint density at radius 2 is 1.93 bits per heavy atom. The summed E-state index contributed by atoms with van der Waals surface area (Å²) in [6, 6.07) is 0. The summed E-state index contributed by atoms with van der Waals surface area (Å²) in [6.07, 6.45) is -2.13. The zero-order chi connectivity index (χ0) is 22.2. The summed E-state index contributed by atoms with van der Waals surface area (Å²) >= 11 is 4.53. The fourth-order valence-corrected chi connectivity index (χ4v) is 7.91. The molecule has 1 saturated heterocycles. The molecule has 1 fully saturated rings. The highest BCUT2D eigenvalue weighted by Gasteiger charge is 2.40. The maximum Gasteiger partial charge on any atom is 0.347 e. The Kier molecular flexibility index (Phi) is 7.60. The van der Waals surface area contributed by atoms with E-state index < -0.39 is 64.1 Å². The normalized spacial score (nSPS) is 26.8. The van der Waals surface area contributed by atoms with Gasteiger partial charge in [0.1, 0.15) is 12.3 Å². The fourth-order valence-electron chi connectivity index (χ4n) is 2.45. The second-order valence-electron chi connectivity index (χ2n) is 6.20. The van der Waals surface area contributed by atoms with Gasteiger partial charge in [-0.1, -0.05) is 0 Å². The minimum Gasteiger partial charge on any atom is -0.390 e. The van der Waals surface area contributed by atoms with Gasteiger partial charge in [-0.25, -0.2) is 9.11 Å². The first-order valence-electron chi connectivity index (χ1n) is 7.79. The highest BCUT2D eigenvalue weighted by molar-refractivity contribution is 8.08. The SMILES string of the molecule is Cc1cn(C2CC(O)C(COP(O)(=S)OP(=O)(O)CP(=O)(O)O)O2)c(=O)[nH]c1=O. The molecule has 1 aromatic heterocycles. The molecule has 29 heavy (non-hydrogen) atoms. The van der Waals surface area contributed by atoms with Crippen molar-refractivity contribution in [1.29, 1.82) is 0 Å². The highest BCUT2D eigenvalue weighted by Crippen LogP contribution is 2.65. The molecule has 2 heterocycles. The molecule has 5 atom stereocenters. The molecule has 1 aliphatic rings. The van der Waals surface area contributed by atoms with E-state index in [0.717, 1.165) is 4.57 Å².